The zero-order valence-corrected chi connectivity index (χ0v) is 63.1. The molecule has 0 aromatic carbocycles. The van der Waals surface area contributed by atoms with Gasteiger partial charge in [-0.15, -0.1) is 69.6 Å². The Bertz CT molecular complexity index is 2390. The van der Waals surface area contributed by atoms with Crippen LogP contribution in [-0.4, -0.2) is 234 Å². The van der Waals surface area contributed by atoms with Gasteiger partial charge in [0.1, 0.15) is 33.2 Å². The molecule has 67 heteroatoms. The lowest BCUT2D eigenvalue weighted by atomic mass is 10.3. The largest absolute Gasteiger partial charge is 0.476 e. The minimum atomic E-state index is -6.85. The number of hydrogen-bond acceptors (Lipinski definition) is 24. The van der Waals surface area contributed by atoms with Gasteiger partial charge in [-0.1, -0.05) is 0 Å². The van der Waals surface area contributed by atoms with E-state index in [2.05, 4.69) is 40.7 Å². The molecule has 0 aromatic rings. The summed E-state index contributed by atoms with van der Waals surface area (Å²) in [5.74, 6) is 1.36. The van der Waals surface area contributed by atoms with Crippen LogP contribution in [0.25, 0.3) is 0 Å². The summed E-state index contributed by atoms with van der Waals surface area (Å²) >= 11 is 32.2. The molecule has 654 valence electrons. The lowest BCUT2D eigenvalue weighted by molar-refractivity contribution is -0.317. The van der Waals surface area contributed by atoms with Crippen LogP contribution in [0, 0.1) is 0 Å². The Hall–Kier alpha value is 0.230. The molecule has 0 aliphatic carbocycles. The van der Waals surface area contributed by atoms with Gasteiger partial charge in [-0.25, -0.2) is 58.1 Å². The molecular weight excluding hydrogens is 1850 g/mol. The Morgan fingerprint density at radius 3 is 0.551 bits per heavy atom. The lowest BCUT2D eigenvalue weighted by Gasteiger charge is -2.30. The number of rotatable bonds is 47. The molecule has 0 saturated carbocycles. The Morgan fingerprint density at radius 2 is 0.393 bits per heavy atom. The van der Waals surface area contributed by atoms with E-state index in [9.17, 15) is 163 Å². The molecule has 0 atom stereocenters. The monoisotopic (exact) mass is 1910 g/mol. The van der Waals surface area contributed by atoms with Crippen LogP contribution in [0.2, 0.25) is 0 Å². The molecule has 24 nitrogen and oxygen atoms in total. The van der Waals surface area contributed by atoms with Gasteiger partial charge in [0.2, 0.25) is 0 Å². The van der Waals surface area contributed by atoms with Crippen LogP contribution in [0.4, 0.5) is 136 Å². The molecule has 0 aliphatic heterocycles. The second-order valence-electron chi connectivity index (χ2n) is 16.3. The average molecular weight is 1910 g/mol. The quantitative estimate of drug-likeness (QED) is 0.0311. The maximum atomic E-state index is 12.3. The fraction of sp³-hybridized carbons (Fsp3) is 1.00. The van der Waals surface area contributed by atoms with Crippen molar-refractivity contribution in [1.29, 1.82) is 0 Å². The van der Waals surface area contributed by atoms with Crippen LogP contribution in [0.15, 0.2) is 0 Å². The molecule has 0 saturated heterocycles. The topological polar surface area (TPSA) is 269 Å². The molecule has 0 rings (SSSR count). The van der Waals surface area contributed by atoms with Crippen molar-refractivity contribution >= 4 is 117 Å². The first-order valence-electron chi connectivity index (χ1n) is 26.9. The van der Waals surface area contributed by atoms with Crippen LogP contribution in [0.3, 0.4) is 0 Å². The highest BCUT2D eigenvalue weighted by atomic mass is 35.5. The van der Waals surface area contributed by atoms with Gasteiger partial charge >= 0.3 is 96.3 Å². The molecule has 0 bridgehead atoms. The van der Waals surface area contributed by atoms with Gasteiger partial charge in [0.25, 0.3) is 37.3 Å². The molecule has 0 spiro atoms. The lowest BCUT2D eigenvalue weighted by Crippen LogP contribution is -2.46. The third-order valence-electron chi connectivity index (χ3n) is 7.83. The normalized spacial score (nSPS) is 13.6. The van der Waals surface area contributed by atoms with Gasteiger partial charge in [-0.2, -0.15) is 105 Å². The Labute approximate surface area is 614 Å². The van der Waals surface area contributed by atoms with E-state index in [4.69, 9.17) is 110 Å². The fourth-order valence-corrected chi connectivity index (χ4v) is 13.1. The molecule has 0 N–H and O–H groups in total. The number of hydrogen-bond donors (Lipinski definition) is 0. The number of phosphoric acid groups is 6. The van der Waals surface area contributed by atoms with Crippen LogP contribution in [0.5, 0.6) is 0 Å². The van der Waals surface area contributed by atoms with E-state index in [0.29, 0.717) is 13.2 Å². The first kappa shape index (κ1) is 118. The first-order chi connectivity index (χ1) is 48.4. The molecule has 0 unspecified atom stereocenters. The Balaban J connectivity index is -0.000000292. The maximum absolute atomic E-state index is 12.3. The van der Waals surface area contributed by atoms with Gasteiger partial charge in [-0.05, 0) is 20.8 Å². The van der Waals surface area contributed by atoms with Crippen LogP contribution in [-0.2, 0) is 109 Å². The third-order valence-corrected chi connectivity index (χ3v) is 17.8. The number of phosphoric ester groups is 6. The zero-order valence-electron chi connectivity index (χ0n) is 53.2. The van der Waals surface area contributed by atoms with Crippen molar-refractivity contribution in [2.24, 2.45) is 0 Å². The van der Waals surface area contributed by atoms with E-state index in [0.717, 1.165) is 0 Å². The third kappa shape index (κ3) is 61.3. The van der Waals surface area contributed by atoms with Crippen molar-refractivity contribution in [1.82, 2.24) is 0 Å². The van der Waals surface area contributed by atoms with Crippen molar-refractivity contribution < 1.29 is 245 Å². The van der Waals surface area contributed by atoms with Gasteiger partial charge in [-0.3, -0.25) is 81.4 Å². The molecule has 0 heterocycles. The molecule has 107 heavy (non-hydrogen) atoms. The van der Waals surface area contributed by atoms with E-state index in [1.807, 2.05) is 0 Å². The second-order valence-corrected chi connectivity index (χ2v) is 28.4. The summed E-state index contributed by atoms with van der Waals surface area (Å²) in [6, 6.07) is 0. The summed E-state index contributed by atoms with van der Waals surface area (Å²) in [6.45, 7) is -5.98. The summed E-state index contributed by atoms with van der Waals surface area (Å²) in [5, 5.41) is 0. The van der Waals surface area contributed by atoms with E-state index in [1.54, 1.807) is 20.8 Å². The molecule has 0 amide bonds. The molecule has 0 aliphatic rings. The summed E-state index contributed by atoms with van der Waals surface area (Å²) in [6.07, 6.45) is -76.7. The first-order valence-corrected chi connectivity index (χ1v) is 38.9. The highest BCUT2D eigenvalue weighted by Crippen LogP contribution is 2.60. The van der Waals surface area contributed by atoms with Crippen molar-refractivity contribution in [3.8, 4) is 0 Å². The van der Waals surface area contributed by atoms with Gasteiger partial charge in [0, 0.05) is 35.3 Å². The smallest absolute Gasteiger partial charge is 0.287 e. The maximum Gasteiger partial charge on any atom is 0.476 e. The van der Waals surface area contributed by atoms with Crippen LogP contribution < -0.4 is 0 Å². The summed E-state index contributed by atoms with van der Waals surface area (Å²) in [7, 11) is -28.5. The van der Waals surface area contributed by atoms with Crippen molar-refractivity contribution in [2.45, 2.75) is 107 Å². The highest BCUT2D eigenvalue weighted by molar-refractivity contribution is 7.49. The SMILES string of the molecule is CCOP(=O)(OCC)OCCCl.CCOP(=O)(OCCCl)OCCCl.O=P(OCC(F)F)(OCC(F)F)OC(C(F)(F)F)C(F)(F)F.O=P(OCCCl)(OCCCl)OCCCl.O=P(OCCF)(OC(C(F)(F)F)C(F)(F)F)OC(C(F)(F)F)C(F)(F)F.O=P(OCCF)(OCCF)OC(C(F)(F)F)C(F)(F)F. The van der Waals surface area contributed by atoms with Gasteiger partial charge in [0.05, 0.1) is 79.3 Å². The average Bonchev–Trinajstić information content (AvgIpc) is 0.798. The minimum absolute atomic E-state index is 0.0867. The van der Waals surface area contributed by atoms with E-state index < -0.39 is 187 Å². The predicted molar refractivity (Wildman–Crippen MR) is 308 cm³/mol. The van der Waals surface area contributed by atoms with Crippen LogP contribution >= 0.6 is 117 Å². The fourth-order valence-electron chi connectivity index (χ4n) is 4.44. The van der Waals surface area contributed by atoms with E-state index in [1.165, 1.54) is 0 Å². The summed E-state index contributed by atoms with van der Waals surface area (Å²) in [4.78, 5) is 0. The Morgan fingerprint density at radius 1 is 0.243 bits per heavy atom. The van der Waals surface area contributed by atoms with Gasteiger partial charge < -0.3 is 0 Å². The number of halogens is 37. The molecule has 0 fully saturated rings. The van der Waals surface area contributed by atoms with E-state index in [-0.39, 0.29) is 81.5 Å². The summed E-state index contributed by atoms with van der Waals surface area (Å²) in [5.41, 5.74) is 0. The molecular formula is C40H61Cl6F31O24P6. The standard InChI is InChI=1S/C8H6F13O4P.C7H7F10O4P.C7H9F8O4P.C6H12Cl3O4P.C6H13Cl2O4P.C6H14ClO4P/c9-1-2-23-26(22,24-3(5(10,11)12)6(13,14)15)25-4(7(16,17)18)8(19,20)21;8-3(9)1-19-22(18,20-2-4(10)11)21-5(6(12,13)14)7(15,16)17;8-1-3-17-20(16,18-4-2-9)19-5(6(10,11)12)7(13,14)15;7-1-4-11-14(10,12-5-2-8)13-6-3-9;1-2-10-13(9,11-5-3-7)12-6-4-8;1-3-9-12(8,10-4-2)11-6-5-7/h3-4H,1-2H2;3-5H,1-2H2;5H,1-4H2;1-6H2;2-6H2,1H3;3-6H2,1-2H3. The second kappa shape index (κ2) is 57.3. The minimum Gasteiger partial charge on any atom is -0.287 e. The van der Waals surface area contributed by atoms with Gasteiger partial charge in [0.15, 0.2) is 0 Å². The highest BCUT2D eigenvalue weighted by Gasteiger charge is 2.66. The van der Waals surface area contributed by atoms with E-state index >= 15 is 0 Å². The van der Waals surface area contributed by atoms with Crippen molar-refractivity contribution in [2.75, 3.05) is 148 Å². The summed E-state index contributed by atoms with van der Waals surface area (Å²) < 4.78 is 519. The number of alkyl halides is 37. The molecule has 0 radical (unpaired) electrons. The molecule has 0 aromatic heterocycles. The Kier molecular flexibility index (Phi) is 63.3. The zero-order chi connectivity index (χ0) is 85.5. The van der Waals surface area contributed by atoms with Crippen LogP contribution in [0.1, 0.15) is 20.8 Å². The predicted octanol–water partition coefficient (Wildman–Crippen LogP) is 20.8. The van der Waals surface area contributed by atoms with Crippen molar-refractivity contribution in [3.63, 3.8) is 0 Å². The van der Waals surface area contributed by atoms with Crippen molar-refractivity contribution in [3.05, 3.63) is 0 Å².